The van der Waals surface area contributed by atoms with E-state index in [1.165, 1.54) is 6.92 Å². The van der Waals surface area contributed by atoms with Crippen molar-refractivity contribution in [2.24, 2.45) is 5.73 Å². The fourth-order valence-electron chi connectivity index (χ4n) is 3.17. The van der Waals surface area contributed by atoms with Crippen molar-refractivity contribution in [3.05, 3.63) is 78.1 Å². The van der Waals surface area contributed by atoms with E-state index in [1.807, 2.05) is 48.5 Å². The number of aromatic amines is 1. The first-order valence-corrected chi connectivity index (χ1v) is 10.3. The predicted molar refractivity (Wildman–Crippen MR) is 125 cm³/mol. The number of aliphatic hydroxyl groups is 1. The number of H-pyrrole nitrogens is 1. The molecule has 8 nitrogen and oxygen atoms in total. The third-order valence-corrected chi connectivity index (χ3v) is 5.11. The second-order valence-electron chi connectivity index (χ2n) is 7.72. The lowest BCUT2D eigenvalue weighted by atomic mass is 9.99. The van der Waals surface area contributed by atoms with Crippen molar-refractivity contribution in [1.82, 2.24) is 9.97 Å². The molecule has 2 aromatic heterocycles. The minimum atomic E-state index is -1.91. The summed E-state index contributed by atoms with van der Waals surface area (Å²) in [6.45, 7) is 2.75. The summed E-state index contributed by atoms with van der Waals surface area (Å²) in [6.07, 6.45) is 1.90. The van der Waals surface area contributed by atoms with Gasteiger partial charge in [-0.05, 0) is 24.6 Å². The SMILES string of the molecule is CC(=O)c1nccc2c1[nH]c1ccccc12.CC(O)(C=O)C(N)C(=O)OCc1ccccc1. The number of ketones is 1. The van der Waals surface area contributed by atoms with Gasteiger partial charge in [0.2, 0.25) is 0 Å². The van der Waals surface area contributed by atoms with Gasteiger partial charge in [-0.25, -0.2) is 0 Å². The molecule has 33 heavy (non-hydrogen) atoms. The number of aldehydes is 1. The molecule has 2 heterocycles. The Morgan fingerprint density at radius 1 is 1.12 bits per heavy atom. The summed E-state index contributed by atoms with van der Waals surface area (Å²) in [5.41, 5.74) is 6.68. The molecule has 0 saturated heterocycles. The van der Waals surface area contributed by atoms with Crippen LogP contribution >= 0.6 is 0 Å². The zero-order chi connectivity index (χ0) is 24.0. The molecule has 0 amide bonds. The molecule has 0 fully saturated rings. The second kappa shape index (κ2) is 10.2. The van der Waals surface area contributed by atoms with Crippen molar-refractivity contribution >= 4 is 39.8 Å². The number of carbonyl (C=O) groups excluding carboxylic acids is 3. The smallest absolute Gasteiger partial charge is 0.326 e. The number of esters is 1. The summed E-state index contributed by atoms with van der Waals surface area (Å²) >= 11 is 0. The highest BCUT2D eigenvalue weighted by molar-refractivity contribution is 6.13. The number of fused-ring (bicyclic) bond motifs is 3. The van der Waals surface area contributed by atoms with Crippen LogP contribution in [0.3, 0.4) is 0 Å². The topological polar surface area (TPSA) is 135 Å². The van der Waals surface area contributed by atoms with Crippen LogP contribution < -0.4 is 5.73 Å². The summed E-state index contributed by atoms with van der Waals surface area (Å²) in [6, 6.07) is 17.6. The number of nitrogens with zero attached hydrogens (tertiary/aromatic N) is 1. The van der Waals surface area contributed by atoms with Crippen LogP contribution in [-0.4, -0.2) is 44.8 Å². The molecule has 0 aliphatic heterocycles. The Hall–Kier alpha value is -3.88. The minimum absolute atomic E-state index is 0.0165. The fraction of sp³-hybridized carbons (Fsp3) is 0.200. The van der Waals surface area contributed by atoms with Crippen LogP contribution in [0.4, 0.5) is 0 Å². The van der Waals surface area contributed by atoms with E-state index in [1.54, 1.807) is 18.3 Å². The van der Waals surface area contributed by atoms with Crippen molar-refractivity contribution in [1.29, 1.82) is 0 Å². The number of hydrogen-bond donors (Lipinski definition) is 3. The average molecular weight is 447 g/mol. The van der Waals surface area contributed by atoms with E-state index >= 15 is 0 Å². The molecule has 2 aromatic carbocycles. The molecule has 0 aliphatic carbocycles. The number of Topliss-reactive ketones (excluding diaryl/α,β-unsaturated/α-hetero) is 1. The van der Waals surface area contributed by atoms with Crippen molar-refractivity contribution in [3.8, 4) is 0 Å². The third kappa shape index (κ3) is 5.49. The molecule has 2 atom stereocenters. The molecule has 0 saturated carbocycles. The number of benzene rings is 2. The number of ether oxygens (including phenoxy) is 1. The van der Waals surface area contributed by atoms with Crippen LogP contribution in [0.5, 0.6) is 0 Å². The Morgan fingerprint density at radius 3 is 2.45 bits per heavy atom. The Labute approximate surface area is 190 Å². The first kappa shape index (κ1) is 23.8. The predicted octanol–water partition coefficient (Wildman–Crippen LogP) is 2.93. The lowest BCUT2D eigenvalue weighted by molar-refractivity contribution is -0.154. The standard InChI is InChI=1S/C13H10N2O.C12H15NO4/c1-8(16)12-13-10(6-7-14-12)9-4-2-3-5-11(9)15-13;1-12(16,8-14)10(13)11(15)17-7-9-5-3-2-4-6-9/h2-7,15H,1H3;2-6,8,10,16H,7,13H2,1H3. The Balaban J connectivity index is 0.000000186. The molecule has 4 N–H and O–H groups in total. The number of rotatable bonds is 6. The zero-order valence-corrected chi connectivity index (χ0v) is 18.3. The number of aromatic nitrogens is 2. The van der Waals surface area contributed by atoms with E-state index < -0.39 is 17.6 Å². The summed E-state index contributed by atoms with van der Waals surface area (Å²) in [5.74, 6) is -0.830. The number of para-hydroxylation sites is 1. The van der Waals surface area contributed by atoms with Crippen LogP contribution in [0, 0.1) is 0 Å². The summed E-state index contributed by atoms with van der Waals surface area (Å²) < 4.78 is 4.90. The Kier molecular flexibility index (Phi) is 7.32. The largest absolute Gasteiger partial charge is 0.460 e. The lowest BCUT2D eigenvalue weighted by Crippen LogP contribution is -2.52. The fourth-order valence-corrected chi connectivity index (χ4v) is 3.17. The Bertz CT molecular complexity index is 1280. The molecule has 170 valence electrons. The van der Waals surface area contributed by atoms with Gasteiger partial charge in [0.1, 0.15) is 23.9 Å². The van der Waals surface area contributed by atoms with Gasteiger partial charge in [-0.3, -0.25) is 14.6 Å². The molecular weight excluding hydrogens is 422 g/mol. The van der Waals surface area contributed by atoms with Crippen molar-refractivity contribution in [3.63, 3.8) is 0 Å². The summed E-state index contributed by atoms with van der Waals surface area (Å²) in [7, 11) is 0. The van der Waals surface area contributed by atoms with E-state index in [2.05, 4.69) is 9.97 Å². The lowest BCUT2D eigenvalue weighted by Gasteiger charge is -2.22. The van der Waals surface area contributed by atoms with Gasteiger partial charge < -0.3 is 25.4 Å². The first-order valence-electron chi connectivity index (χ1n) is 10.3. The Morgan fingerprint density at radius 2 is 1.79 bits per heavy atom. The maximum absolute atomic E-state index is 11.5. The molecule has 8 heteroatoms. The molecule has 0 radical (unpaired) electrons. The third-order valence-electron chi connectivity index (χ3n) is 5.11. The highest BCUT2D eigenvalue weighted by Gasteiger charge is 2.35. The molecule has 0 aliphatic rings. The van der Waals surface area contributed by atoms with E-state index in [4.69, 9.17) is 10.5 Å². The number of hydrogen-bond acceptors (Lipinski definition) is 7. The summed E-state index contributed by atoms with van der Waals surface area (Å²) in [5, 5.41) is 11.6. The van der Waals surface area contributed by atoms with Crippen LogP contribution in [0.1, 0.15) is 29.9 Å². The average Bonchev–Trinajstić information content (AvgIpc) is 3.21. The molecular formula is C25H25N3O5. The minimum Gasteiger partial charge on any atom is -0.460 e. The van der Waals surface area contributed by atoms with Crippen molar-refractivity contribution in [2.75, 3.05) is 0 Å². The van der Waals surface area contributed by atoms with Gasteiger partial charge in [0.25, 0.3) is 0 Å². The van der Waals surface area contributed by atoms with Crippen LogP contribution in [0.25, 0.3) is 21.8 Å². The van der Waals surface area contributed by atoms with Gasteiger partial charge in [0.15, 0.2) is 12.1 Å². The number of nitrogens with one attached hydrogen (secondary N) is 1. The second-order valence-corrected chi connectivity index (χ2v) is 7.72. The molecule has 0 spiro atoms. The monoisotopic (exact) mass is 447 g/mol. The quantitative estimate of drug-likeness (QED) is 0.235. The maximum atomic E-state index is 11.5. The van der Waals surface area contributed by atoms with E-state index in [0.717, 1.165) is 34.3 Å². The van der Waals surface area contributed by atoms with E-state index in [0.29, 0.717) is 5.69 Å². The maximum Gasteiger partial charge on any atom is 0.326 e. The molecule has 2 unspecified atom stereocenters. The van der Waals surface area contributed by atoms with Gasteiger partial charge in [-0.2, -0.15) is 0 Å². The highest BCUT2D eigenvalue weighted by Crippen LogP contribution is 2.26. The molecule has 0 bridgehead atoms. The number of pyridine rings is 1. The van der Waals surface area contributed by atoms with Gasteiger partial charge in [-0.1, -0.05) is 48.5 Å². The van der Waals surface area contributed by atoms with Gasteiger partial charge in [0.05, 0.1) is 5.52 Å². The summed E-state index contributed by atoms with van der Waals surface area (Å²) in [4.78, 5) is 40.8. The number of carbonyl (C=O) groups is 3. The van der Waals surface area contributed by atoms with E-state index in [-0.39, 0.29) is 18.7 Å². The van der Waals surface area contributed by atoms with Gasteiger partial charge in [-0.15, -0.1) is 0 Å². The number of nitrogens with two attached hydrogens (primary N) is 1. The first-order chi connectivity index (χ1) is 15.7. The van der Waals surface area contributed by atoms with Crippen molar-refractivity contribution < 1.29 is 24.2 Å². The van der Waals surface area contributed by atoms with Gasteiger partial charge in [0, 0.05) is 29.4 Å². The molecule has 4 aromatic rings. The van der Waals surface area contributed by atoms with Crippen molar-refractivity contribution in [2.45, 2.75) is 32.1 Å². The van der Waals surface area contributed by atoms with Gasteiger partial charge >= 0.3 is 5.97 Å². The highest BCUT2D eigenvalue weighted by atomic mass is 16.5. The van der Waals surface area contributed by atoms with Crippen LogP contribution in [-0.2, 0) is 20.9 Å². The molecule has 4 rings (SSSR count). The van der Waals surface area contributed by atoms with E-state index in [9.17, 15) is 19.5 Å². The van der Waals surface area contributed by atoms with Crippen LogP contribution in [0.2, 0.25) is 0 Å². The van der Waals surface area contributed by atoms with Crippen LogP contribution in [0.15, 0.2) is 66.9 Å². The normalized spacial score (nSPS) is 13.5. The zero-order valence-electron chi connectivity index (χ0n) is 18.3.